The number of pyridine rings is 1. The Morgan fingerprint density at radius 3 is 2.95 bits per heavy atom. The van der Waals surface area contributed by atoms with Crippen LogP contribution in [0.1, 0.15) is 49.8 Å². The summed E-state index contributed by atoms with van der Waals surface area (Å²) < 4.78 is 0. The van der Waals surface area contributed by atoms with E-state index >= 15 is 0 Å². The van der Waals surface area contributed by atoms with Gasteiger partial charge in [-0.15, -0.1) is 0 Å². The van der Waals surface area contributed by atoms with Crippen LogP contribution in [0, 0.1) is 5.92 Å². The lowest BCUT2D eigenvalue weighted by molar-refractivity contribution is 0.0547. The highest BCUT2D eigenvalue weighted by Gasteiger charge is 2.32. The average Bonchev–Trinajstić information content (AvgIpc) is 2.48. The van der Waals surface area contributed by atoms with Crippen LogP contribution in [0.3, 0.4) is 0 Å². The molecule has 3 heteroatoms. The van der Waals surface area contributed by atoms with Crippen molar-refractivity contribution in [3.8, 4) is 0 Å². The Labute approximate surface area is 116 Å². The maximum absolute atomic E-state index is 5.68. The lowest BCUT2D eigenvalue weighted by atomic mass is 9.78. The first kappa shape index (κ1) is 13.1. The quantitative estimate of drug-likeness (QED) is 0.907. The van der Waals surface area contributed by atoms with Crippen molar-refractivity contribution in [3.63, 3.8) is 0 Å². The number of nitrogens with zero attached hydrogens (tertiary/aromatic N) is 2. The van der Waals surface area contributed by atoms with Crippen molar-refractivity contribution in [2.24, 2.45) is 11.7 Å². The Morgan fingerprint density at radius 2 is 2.05 bits per heavy atom. The molecule has 1 aromatic rings. The highest BCUT2D eigenvalue weighted by molar-refractivity contribution is 5.16. The van der Waals surface area contributed by atoms with Gasteiger partial charge in [0.15, 0.2) is 0 Å². The van der Waals surface area contributed by atoms with Crippen LogP contribution in [0.4, 0.5) is 0 Å². The molecule has 2 heterocycles. The molecule has 1 aromatic heterocycles. The summed E-state index contributed by atoms with van der Waals surface area (Å²) in [6.45, 7) is 2.89. The van der Waals surface area contributed by atoms with E-state index in [9.17, 15) is 0 Å². The van der Waals surface area contributed by atoms with Gasteiger partial charge in [-0.25, -0.2) is 0 Å². The third-order valence-electron chi connectivity index (χ3n) is 4.83. The molecular formula is C16H25N3. The fourth-order valence-electron chi connectivity index (χ4n) is 3.90. The van der Waals surface area contributed by atoms with Crippen LogP contribution in [-0.4, -0.2) is 22.5 Å². The summed E-state index contributed by atoms with van der Waals surface area (Å²) in [5, 5.41) is 0. The zero-order valence-corrected chi connectivity index (χ0v) is 11.7. The predicted molar refractivity (Wildman–Crippen MR) is 77.5 cm³/mol. The van der Waals surface area contributed by atoms with E-state index in [-0.39, 0.29) is 0 Å². The van der Waals surface area contributed by atoms with Gasteiger partial charge in [-0.2, -0.15) is 0 Å². The summed E-state index contributed by atoms with van der Waals surface area (Å²) in [7, 11) is 0. The van der Waals surface area contributed by atoms with E-state index in [1.165, 1.54) is 50.6 Å². The number of hydrogen-bond donors (Lipinski definition) is 1. The molecule has 3 nitrogen and oxygen atoms in total. The monoisotopic (exact) mass is 259 g/mol. The zero-order valence-electron chi connectivity index (χ0n) is 11.7. The summed E-state index contributed by atoms with van der Waals surface area (Å²) in [4.78, 5) is 7.00. The Kier molecular flexibility index (Phi) is 4.14. The first-order valence-electron chi connectivity index (χ1n) is 7.75. The fourth-order valence-corrected chi connectivity index (χ4v) is 3.90. The number of fused-ring (bicyclic) bond motifs is 1. The van der Waals surface area contributed by atoms with Crippen molar-refractivity contribution in [1.82, 2.24) is 9.88 Å². The molecule has 2 atom stereocenters. The lowest BCUT2D eigenvalue weighted by Crippen LogP contribution is -2.46. The molecule has 2 N–H and O–H groups in total. The Bertz CT molecular complexity index is 416. The second-order valence-corrected chi connectivity index (χ2v) is 6.08. The zero-order chi connectivity index (χ0) is 13.1. The molecule has 2 fully saturated rings. The van der Waals surface area contributed by atoms with Crippen molar-refractivity contribution < 1.29 is 0 Å². The molecule has 19 heavy (non-hydrogen) atoms. The summed E-state index contributed by atoms with van der Waals surface area (Å²) in [6, 6.07) is 5.15. The van der Waals surface area contributed by atoms with Crippen LogP contribution in [0.5, 0.6) is 0 Å². The fraction of sp³-hybridized carbons (Fsp3) is 0.688. The molecule has 0 bridgehead atoms. The van der Waals surface area contributed by atoms with E-state index in [0.29, 0.717) is 6.54 Å². The molecule has 0 radical (unpaired) electrons. The van der Waals surface area contributed by atoms with Gasteiger partial charge < -0.3 is 5.73 Å². The Balaban J connectivity index is 1.70. The maximum atomic E-state index is 5.68. The van der Waals surface area contributed by atoms with Crippen LogP contribution < -0.4 is 5.73 Å². The molecule has 0 unspecified atom stereocenters. The normalized spacial score (nSPS) is 28.1. The van der Waals surface area contributed by atoms with Crippen molar-refractivity contribution in [3.05, 3.63) is 29.6 Å². The molecule has 1 saturated carbocycles. The molecule has 2 aliphatic rings. The predicted octanol–water partition coefficient (Wildman–Crippen LogP) is 2.69. The maximum Gasteiger partial charge on any atom is 0.0542 e. The molecule has 1 aliphatic heterocycles. The number of piperidine rings is 1. The van der Waals surface area contributed by atoms with Crippen LogP contribution in [-0.2, 0) is 13.1 Å². The smallest absolute Gasteiger partial charge is 0.0542 e. The summed E-state index contributed by atoms with van der Waals surface area (Å²) in [6.07, 6.45) is 10.4. The third kappa shape index (κ3) is 2.98. The minimum absolute atomic E-state index is 0.542. The van der Waals surface area contributed by atoms with Gasteiger partial charge in [0.2, 0.25) is 0 Å². The number of aromatic nitrogens is 1. The van der Waals surface area contributed by atoms with Gasteiger partial charge >= 0.3 is 0 Å². The second-order valence-electron chi connectivity index (χ2n) is 6.08. The molecule has 1 aliphatic carbocycles. The van der Waals surface area contributed by atoms with Gasteiger partial charge in [-0.3, -0.25) is 9.88 Å². The van der Waals surface area contributed by atoms with Gasteiger partial charge in [0.25, 0.3) is 0 Å². The molecule has 3 rings (SSSR count). The van der Waals surface area contributed by atoms with Crippen LogP contribution in [0.25, 0.3) is 0 Å². The Morgan fingerprint density at radius 1 is 1.21 bits per heavy atom. The molecule has 0 amide bonds. The first-order valence-corrected chi connectivity index (χ1v) is 7.75. The average molecular weight is 259 g/mol. The number of likely N-dealkylation sites (tertiary alicyclic amines) is 1. The van der Waals surface area contributed by atoms with E-state index in [1.807, 2.05) is 6.20 Å². The highest BCUT2D eigenvalue weighted by atomic mass is 15.2. The van der Waals surface area contributed by atoms with Gasteiger partial charge in [0, 0.05) is 25.3 Å². The standard InChI is InChI=1S/C16H25N3/c17-11-15-10-13(7-8-18-15)12-19-9-3-5-14-4-1-2-6-16(14)19/h7-8,10,14,16H,1-6,9,11-12,17H2/t14-,16-/m1/s1. The van der Waals surface area contributed by atoms with Crippen LogP contribution in [0.15, 0.2) is 18.3 Å². The van der Waals surface area contributed by atoms with Crippen molar-refractivity contribution in [1.29, 1.82) is 0 Å². The lowest BCUT2D eigenvalue weighted by Gasteiger charge is -2.44. The SMILES string of the molecule is NCc1cc(CN2CCC[C@H]3CCCC[C@H]32)ccn1. The first-order chi connectivity index (χ1) is 9.36. The molecule has 104 valence electrons. The number of rotatable bonds is 3. The minimum Gasteiger partial charge on any atom is -0.325 e. The summed E-state index contributed by atoms with van der Waals surface area (Å²) in [5.74, 6) is 0.957. The van der Waals surface area contributed by atoms with Gasteiger partial charge in [0.1, 0.15) is 0 Å². The van der Waals surface area contributed by atoms with E-state index < -0.39 is 0 Å². The van der Waals surface area contributed by atoms with Crippen molar-refractivity contribution in [2.45, 2.75) is 57.7 Å². The van der Waals surface area contributed by atoms with Gasteiger partial charge in [0.05, 0.1) is 5.69 Å². The number of hydrogen-bond acceptors (Lipinski definition) is 3. The summed E-state index contributed by atoms with van der Waals surface area (Å²) in [5.41, 5.74) is 8.07. The molecule has 0 aromatic carbocycles. The van der Waals surface area contributed by atoms with E-state index in [2.05, 4.69) is 22.0 Å². The van der Waals surface area contributed by atoms with Gasteiger partial charge in [-0.05, 0) is 55.8 Å². The Hall–Kier alpha value is -0.930. The van der Waals surface area contributed by atoms with E-state index in [1.54, 1.807) is 0 Å². The molecule has 1 saturated heterocycles. The minimum atomic E-state index is 0.542. The third-order valence-corrected chi connectivity index (χ3v) is 4.83. The molecular weight excluding hydrogens is 234 g/mol. The topological polar surface area (TPSA) is 42.1 Å². The van der Waals surface area contributed by atoms with Crippen LogP contribution >= 0.6 is 0 Å². The second kappa shape index (κ2) is 6.02. The van der Waals surface area contributed by atoms with Gasteiger partial charge in [-0.1, -0.05) is 12.8 Å². The molecule has 0 spiro atoms. The number of nitrogens with two attached hydrogens (primary N) is 1. The highest BCUT2D eigenvalue weighted by Crippen LogP contribution is 2.35. The van der Waals surface area contributed by atoms with Crippen molar-refractivity contribution in [2.75, 3.05) is 6.54 Å². The van der Waals surface area contributed by atoms with Crippen LogP contribution in [0.2, 0.25) is 0 Å². The van der Waals surface area contributed by atoms with E-state index in [0.717, 1.165) is 24.2 Å². The largest absolute Gasteiger partial charge is 0.325 e. The van der Waals surface area contributed by atoms with E-state index in [4.69, 9.17) is 5.73 Å². The summed E-state index contributed by atoms with van der Waals surface area (Å²) >= 11 is 0. The van der Waals surface area contributed by atoms with Crippen molar-refractivity contribution >= 4 is 0 Å².